The van der Waals surface area contributed by atoms with Crippen molar-refractivity contribution in [2.45, 2.75) is 13.1 Å². The Bertz CT molecular complexity index is 577. The number of rotatable bonds is 5. The first-order chi connectivity index (χ1) is 10.8. The average molecular weight is 408 g/mol. The smallest absolute Gasteiger partial charge is 0.0594 e. The molecule has 0 aliphatic carbocycles. The molecule has 1 N–H and O–H groups in total. The molecule has 1 aliphatic rings. The Morgan fingerprint density at radius 2 is 1.55 bits per heavy atom. The van der Waals surface area contributed by atoms with E-state index in [0.717, 1.165) is 45.1 Å². The van der Waals surface area contributed by atoms with Crippen molar-refractivity contribution in [3.63, 3.8) is 0 Å². The molecule has 4 heteroatoms. The van der Waals surface area contributed by atoms with Gasteiger partial charge in [-0.1, -0.05) is 24.3 Å². The van der Waals surface area contributed by atoms with Crippen LogP contribution in [0, 0.1) is 3.57 Å². The second-order valence-electron chi connectivity index (χ2n) is 5.57. The third kappa shape index (κ3) is 4.69. The molecule has 3 rings (SSSR count). The molecule has 1 heterocycles. The van der Waals surface area contributed by atoms with Crippen molar-refractivity contribution in [1.29, 1.82) is 0 Å². The van der Waals surface area contributed by atoms with Gasteiger partial charge in [0.05, 0.1) is 13.2 Å². The maximum absolute atomic E-state index is 5.39. The van der Waals surface area contributed by atoms with Crippen molar-refractivity contribution in [3.05, 3.63) is 63.2 Å². The van der Waals surface area contributed by atoms with Gasteiger partial charge < -0.3 is 10.1 Å². The number of ether oxygens (including phenoxy) is 1. The number of nitrogens with zero attached hydrogens (tertiary/aromatic N) is 1. The molecule has 1 saturated heterocycles. The van der Waals surface area contributed by atoms with Crippen molar-refractivity contribution in [1.82, 2.24) is 4.90 Å². The van der Waals surface area contributed by atoms with Gasteiger partial charge in [-0.3, -0.25) is 4.90 Å². The van der Waals surface area contributed by atoms with Crippen LogP contribution in [-0.4, -0.2) is 31.2 Å². The maximum atomic E-state index is 5.39. The van der Waals surface area contributed by atoms with E-state index >= 15 is 0 Å². The number of hydrogen-bond acceptors (Lipinski definition) is 3. The zero-order valence-electron chi connectivity index (χ0n) is 12.6. The second kappa shape index (κ2) is 7.94. The molecule has 3 nitrogen and oxygen atoms in total. The van der Waals surface area contributed by atoms with Crippen LogP contribution in [0.1, 0.15) is 11.1 Å². The standard InChI is InChI=1S/C18H21IN2O/c19-17-5-7-18(8-6-17)20-13-15-1-3-16(4-2-15)14-21-9-11-22-12-10-21/h1-8,20H,9-14H2. The lowest BCUT2D eigenvalue weighted by Gasteiger charge is -2.26. The van der Waals surface area contributed by atoms with E-state index in [1.54, 1.807) is 0 Å². The highest BCUT2D eigenvalue weighted by atomic mass is 127. The van der Waals surface area contributed by atoms with Gasteiger partial charge in [0.15, 0.2) is 0 Å². The molecule has 2 aromatic rings. The van der Waals surface area contributed by atoms with Gasteiger partial charge in [0.1, 0.15) is 0 Å². The number of halogens is 1. The van der Waals surface area contributed by atoms with Crippen molar-refractivity contribution in [3.8, 4) is 0 Å². The molecular formula is C18H21IN2O. The summed E-state index contributed by atoms with van der Waals surface area (Å²) in [5, 5.41) is 3.46. The van der Waals surface area contributed by atoms with Crippen molar-refractivity contribution in [2.24, 2.45) is 0 Å². The quantitative estimate of drug-likeness (QED) is 0.764. The van der Waals surface area contributed by atoms with E-state index in [9.17, 15) is 0 Å². The van der Waals surface area contributed by atoms with E-state index < -0.39 is 0 Å². The lowest BCUT2D eigenvalue weighted by molar-refractivity contribution is 0.0342. The molecule has 0 aromatic heterocycles. The lowest BCUT2D eigenvalue weighted by Crippen LogP contribution is -2.35. The largest absolute Gasteiger partial charge is 0.381 e. The van der Waals surface area contributed by atoms with E-state index in [4.69, 9.17) is 4.74 Å². The van der Waals surface area contributed by atoms with Crippen LogP contribution in [0.25, 0.3) is 0 Å². The predicted molar refractivity (Wildman–Crippen MR) is 99.0 cm³/mol. The molecule has 0 bridgehead atoms. The maximum Gasteiger partial charge on any atom is 0.0594 e. The first-order valence-corrected chi connectivity index (χ1v) is 8.75. The molecule has 2 aromatic carbocycles. The van der Waals surface area contributed by atoms with Crippen molar-refractivity contribution < 1.29 is 4.74 Å². The Balaban J connectivity index is 1.51. The Morgan fingerprint density at radius 1 is 0.909 bits per heavy atom. The SMILES string of the molecule is Ic1ccc(NCc2ccc(CN3CCOCC3)cc2)cc1. The third-order valence-electron chi connectivity index (χ3n) is 3.87. The van der Waals surface area contributed by atoms with Crippen LogP contribution in [0.2, 0.25) is 0 Å². The minimum Gasteiger partial charge on any atom is -0.381 e. The highest BCUT2D eigenvalue weighted by molar-refractivity contribution is 14.1. The topological polar surface area (TPSA) is 24.5 Å². The van der Waals surface area contributed by atoms with Gasteiger partial charge in [0, 0.05) is 35.4 Å². The molecule has 0 atom stereocenters. The van der Waals surface area contributed by atoms with E-state index in [-0.39, 0.29) is 0 Å². The molecule has 1 fully saturated rings. The summed E-state index contributed by atoms with van der Waals surface area (Å²) >= 11 is 2.32. The van der Waals surface area contributed by atoms with Crippen LogP contribution in [0.5, 0.6) is 0 Å². The average Bonchev–Trinajstić information content (AvgIpc) is 2.57. The number of anilines is 1. The summed E-state index contributed by atoms with van der Waals surface area (Å²) in [5.41, 5.74) is 3.85. The zero-order chi connectivity index (χ0) is 15.2. The highest BCUT2D eigenvalue weighted by Gasteiger charge is 2.10. The monoisotopic (exact) mass is 408 g/mol. The van der Waals surface area contributed by atoms with Gasteiger partial charge in [-0.05, 0) is 58.0 Å². The van der Waals surface area contributed by atoms with Gasteiger partial charge in [0.25, 0.3) is 0 Å². The summed E-state index contributed by atoms with van der Waals surface area (Å²) in [5.74, 6) is 0. The predicted octanol–water partition coefficient (Wildman–Crippen LogP) is 3.74. The van der Waals surface area contributed by atoms with Crippen LogP contribution in [-0.2, 0) is 17.8 Å². The number of benzene rings is 2. The number of morpholine rings is 1. The molecule has 0 radical (unpaired) electrons. The zero-order valence-corrected chi connectivity index (χ0v) is 14.8. The van der Waals surface area contributed by atoms with Gasteiger partial charge in [0.2, 0.25) is 0 Å². The van der Waals surface area contributed by atoms with E-state index in [0.29, 0.717) is 0 Å². The first kappa shape index (κ1) is 15.8. The number of hydrogen-bond donors (Lipinski definition) is 1. The van der Waals surface area contributed by atoms with Crippen molar-refractivity contribution >= 4 is 28.3 Å². The fraction of sp³-hybridized carbons (Fsp3) is 0.333. The summed E-state index contributed by atoms with van der Waals surface area (Å²) in [6.07, 6.45) is 0. The van der Waals surface area contributed by atoms with E-state index in [1.165, 1.54) is 14.7 Å². The summed E-state index contributed by atoms with van der Waals surface area (Å²) in [7, 11) is 0. The van der Waals surface area contributed by atoms with Crippen LogP contribution in [0.15, 0.2) is 48.5 Å². The van der Waals surface area contributed by atoms with Gasteiger partial charge in [-0.15, -0.1) is 0 Å². The Labute approximate surface area is 145 Å². The lowest BCUT2D eigenvalue weighted by atomic mass is 10.1. The third-order valence-corrected chi connectivity index (χ3v) is 4.59. The second-order valence-corrected chi connectivity index (χ2v) is 6.81. The molecular weight excluding hydrogens is 387 g/mol. The molecule has 22 heavy (non-hydrogen) atoms. The van der Waals surface area contributed by atoms with Crippen molar-refractivity contribution in [2.75, 3.05) is 31.6 Å². The van der Waals surface area contributed by atoms with Crippen LogP contribution in [0.3, 0.4) is 0 Å². The Hall–Kier alpha value is -1.11. The normalized spacial score (nSPS) is 15.7. The molecule has 0 unspecified atom stereocenters. The summed E-state index contributed by atoms with van der Waals surface area (Å²) < 4.78 is 6.65. The number of nitrogens with one attached hydrogen (secondary N) is 1. The minimum absolute atomic E-state index is 0.859. The van der Waals surface area contributed by atoms with Crippen LogP contribution >= 0.6 is 22.6 Å². The first-order valence-electron chi connectivity index (χ1n) is 7.67. The molecule has 0 saturated carbocycles. The van der Waals surface area contributed by atoms with Crippen LogP contribution in [0.4, 0.5) is 5.69 Å². The minimum atomic E-state index is 0.859. The molecule has 1 aliphatic heterocycles. The van der Waals surface area contributed by atoms with E-state index in [2.05, 4.69) is 81.3 Å². The van der Waals surface area contributed by atoms with E-state index in [1.807, 2.05) is 0 Å². The Morgan fingerprint density at radius 3 is 2.23 bits per heavy atom. The fourth-order valence-corrected chi connectivity index (χ4v) is 2.91. The van der Waals surface area contributed by atoms with Gasteiger partial charge >= 0.3 is 0 Å². The summed E-state index contributed by atoms with van der Waals surface area (Å²) in [4.78, 5) is 2.45. The summed E-state index contributed by atoms with van der Waals surface area (Å²) in [6, 6.07) is 17.4. The molecule has 0 spiro atoms. The summed E-state index contributed by atoms with van der Waals surface area (Å²) in [6.45, 7) is 5.68. The van der Waals surface area contributed by atoms with Gasteiger partial charge in [-0.25, -0.2) is 0 Å². The highest BCUT2D eigenvalue weighted by Crippen LogP contribution is 2.14. The Kier molecular flexibility index (Phi) is 5.70. The molecule has 0 amide bonds. The fourth-order valence-electron chi connectivity index (χ4n) is 2.55. The van der Waals surface area contributed by atoms with Gasteiger partial charge in [-0.2, -0.15) is 0 Å². The molecule has 116 valence electrons. The van der Waals surface area contributed by atoms with Crippen LogP contribution < -0.4 is 5.32 Å².